The third-order valence-corrected chi connectivity index (χ3v) is 4.85. The summed E-state index contributed by atoms with van der Waals surface area (Å²) in [5.74, 6) is -2.51. The molecular formula is C18H26O6. The summed E-state index contributed by atoms with van der Waals surface area (Å²) in [6, 6.07) is 8.84. The molecule has 1 fully saturated rings. The first-order valence-corrected chi connectivity index (χ1v) is 7.90. The van der Waals surface area contributed by atoms with Crippen molar-refractivity contribution in [3.63, 3.8) is 0 Å². The van der Waals surface area contributed by atoms with Crippen molar-refractivity contribution in [3.05, 3.63) is 35.9 Å². The molecule has 0 radical (unpaired) electrons. The van der Waals surface area contributed by atoms with Gasteiger partial charge in [0.25, 0.3) is 0 Å². The summed E-state index contributed by atoms with van der Waals surface area (Å²) in [7, 11) is 2.98. The van der Waals surface area contributed by atoms with Crippen molar-refractivity contribution in [2.75, 3.05) is 20.8 Å². The number of rotatable bonds is 6. The van der Waals surface area contributed by atoms with Crippen molar-refractivity contribution in [1.82, 2.24) is 0 Å². The molecule has 1 aromatic rings. The maximum Gasteiger partial charge on any atom is 0.220 e. The Morgan fingerprint density at radius 3 is 2.29 bits per heavy atom. The number of ketones is 1. The number of aliphatic hydroxyl groups excluding tert-OH is 1. The van der Waals surface area contributed by atoms with E-state index in [-0.39, 0.29) is 18.8 Å². The van der Waals surface area contributed by atoms with Crippen molar-refractivity contribution in [2.24, 2.45) is 0 Å². The van der Waals surface area contributed by atoms with Crippen molar-refractivity contribution < 1.29 is 28.8 Å². The standard InChI is InChI=1S/C18H26O6/c1-16(12-23-17(2,21-4)18(3,22-5)24-16)15(20)11-14(19)13-9-7-6-8-10-13/h6-10,15,20H,11-12H2,1-5H3/t15-,16-,17+,18+/m0/s1. The van der Waals surface area contributed by atoms with E-state index in [9.17, 15) is 9.90 Å². The van der Waals surface area contributed by atoms with E-state index in [0.717, 1.165) is 0 Å². The lowest BCUT2D eigenvalue weighted by Gasteiger charge is -2.53. The average molecular weight is 338 g/mol. The molecule has 1 aromatic carbocycles. The Bertz CT molecular complexity index is 576. The van der Waals surface area contributed by atoms with Crippen LogP contribution in [0, 0.1) is 0 Å². The Hall–Kier alpha value is -1.31. The van der Waals surface area contributed by atoms with E-state index in [4.69, 9.17) is 18.9 Å². The van der Waals surface area contributed by atoms with Gasteiger partial charge in [-0.15, -0.1) is 0 Å². The number of aliphatic hydroxyl groups is 1. The van der Waals surface area contributed by atoms with Crippen LogP contribution in [-0.2, 0) is 18.9 Å². The van der Waals surface area contributed by atoms with E-state index in [0.29, 0.717) is 5.56 Å². The Morgan fingerprint density at radius 2 is 1.75 bits per heavy atom. The molecule has 0 bridgehead atoms. The SMILES string of the molecule is CO[C@]1(C)OC[C@@](C)([C@@H](O)CC(=O)c2ccccc2)O[C@@]1(C)OC. The molecule has 1 N–H and O–H groups in total. The molecule has 1 saturated heterocycles. The van der Waals surface area contributed by atoms with Crippen LogP contribution in [0.5, 0.6) is 0 Å². The van der Waals surface area contributed by atoms with Crippen LogP contribution in [-0.4, -0.2) is 55.0 Å². The van der Waals surface area contributed by atoms with E-state index < -0.39 is 23.3 Å². The number of benzene rings is 1. The van der Waals surface area contributed by atoms with Crippen LogP contribution in [0.1, 0.15) is 37.6 Å². The number of ether oxygens (including phenoxy) is 4. The van der Waals surface area contributed by atoms with Gasteiger partial charge in [0.2, 0.25) is 11.6 Å². The zero-order valence-corrected chi connectivity index (χ0v) is 14.9. The number of carbonyl (C=O) groups excluding carboxylic acids is 1. The zero-order chi connectivity index (χ0) is 18.0. The highest BCUT2D eigenvalue weighted by molar-refractivity contribution is 5.96. The fraction of sp³-hybridized carbons (Fsp3) is 0.611. The van der Waals surface area contributed by atoms with Gasteiger partial charge in [-0.1, -0.05) is 30.3 Å². The monoisotopic (exact) mass is 338 g/mol. The maximum atomic E-state index is 12.3. The molecule has 0 unspecified atom stereocenters. The highest BCUT2D eigenvalue weighted by Gasteiger charge is 2.58. The minimum absolute atomic E-state index is 0.0690. The van der Waals surface area contributed by atoms with Gasteiger partial charge in [0.1, 0.15) is 5.60 Å². The molecule has 1 aliphatic rings. The summed E-state index contributed by atoms with van der Waals surface area (Å²) in [4.78, 5) is 12.3. The van der Waals surface area contributed by atoms with Crippen LogP contribution in [0.25, 0.3) is 0 Å². The van der Waals surface area contributed by atoms with Gasteiger partial charge < -0.3 is 24.1 Å². The Kier molecular flexibility index (Phi) is 5.47. The van der Waals surface area contributed by atoms with Gasteiger partial charge in [-0.25, -0.2) is 0 Å². The number of Topliss-reactive ketones (excluding diaryl/α,β-unsaturated/α-hetero) is 1. The zero-order valence-electron chi connectivity index (χ0n) is 14.9. The lowest BCUT2D eigenvalue weighted by atomic mass is 9.90. The van der Waals surface area contributed by atoms with Gasteiger partial charge in [-0.05, 0) is 20.8 Å². The first kappa shape index (κ1) is 19.0. The fourth-order valence-electron chi connectivity index (χ4n) is 2.75. The predicted molar refractivity (Wildman–Crippen MR) is 87.7 cm³/mol. The smallest absolute Gasteiger partial charge is 0.220 e. The highest BCUT2D eigenvalue weighted by Crippen LogP contribution is 2.42. The summed E-state index contributed by atoms with van der Waals surface area (Å²) in [5.41, 5.74) is -0.555. The molecule has 134 valence electrons. The predicted octanol–water partition coefficient (Wildman–Crippen LogP) is 2.15. The second-order valence-corrected chi connectivity index (χ2v) is 6.51. The quantitative estimate of drug-likeness (QED) is 0.801. The maximum absolute atomic E-state index is 12.3. The minimum atomic E-state index is -1.23. The van der Waals surface area contributed by atoms with Crippen LogP contribution >= 0.6 is 0 Å². The molecular weight excluding hydrogens is 312 g/mol. The molecule has 0 aromatic heterocycles. The van der Waals surface area contributed by atoms with Gasteiger partial charge in [0, 0.05) is 26.2 Å². The Morgan fingerprint density at radius 1 is 1.17 bits per heavy atom. The highest BCUT2D eigenvalue weighted by atomic mass is 16.8. The third kappa shape index (κ3) is 3.38. The summed E-state index contributed by atoms with van der Waals surface area (Å²) >= 11 is 0. The molecule has 24 heavy (non-hydrogen) atoms. The first-order chi connectivity index (χ1) is 11.2. The van der Waals surface area contributed by atoms with Crippen LogP contribution in [0.4, 0.5) is 0 Å². The van der Waals surface area contributed by atoms with Gasteiger partial charge in [0.15, 0.2) is 5.78 Å². The van der Waals surface area contributed by atoms with Crippen LogP contribution in [0.15, 0.2) is 30.3 Å². The van der Waals surface area contributed by atoms with Crippen LogP contribution in [0.2, 0.25) is 0 Å². The summed E-state index contributed by atoms with van der Waals surface area (Å²) in [5, 5.41) is 10.6. The number of methoxy groups -OCH3 is 2. The van der Waals surface area contributed by atoms with Crippen LogP contribution in [0.3, 0.4) is 0 Å². The normalized spacial score (nSPS) is 34.8. The summed E-state index contributed by atoms with van der Waals surface area (Å²) < 4.78 is 22.7. The molecule has 4 atom stereocenters. The molecule has 0 saturated carbocycles. The Balaban J connectivity index is 2.14. The largest absolute Gasteiger partial charge is 0.390 e. The minimum Gasteiger partial charge on any atom is -0.390 e. The third-order valence-electron chi connectivity index (χ3n) is 4.85. The summed E-state index contributed by atoms with van der Waals surface area (Å²) in [6.07, 6.45) is -1.13. The molecule has 0 spiro atoms. The van der Waals surface area contributed by atoms with Crippen LogP contribution < -0.4 is 0 Å². The van der Waals surface area contributed by atoms with E-state index in [1.165, 1.54) is 14.2 Å². The number of hydrogen-bond donors (Lipinski definition) is 1. The molecule has 6 heteroatoms. The van der Waals surface area contributed by atoms with Crippen molar-refractivity contribution in [2.45, 2.75) is 50.5 Å². The molecule has 2 rings (SSSR count). The second-order valence-electron chi connectivity index (χ2n) is 6.51. The van der Waals surface area contributed by atoms with E-state index in [1.54, 1.807) is 45.0 Å². The second kappa shape index (κ2) is 6.90. The van der Waals surface area contributed by atoms with Gasteiger partial charge >= 0.3 is 0 Å². The number of hydrogen-bond acceptors (Lipinski definition) is 6. The summed E-state index contributed by atoms with van der Waals surface area (Å²) in [6.45, 7) is 5.15. The fourth-order valence-corrected chi connectivity index (χ4v) is 2.75. The molecule has 6 nitrogen and oxygen atoms in total. The van der Waals surface area contributed by atoms with Gasteiger partial charge in [-0.2, -0.15) is 0 Å². The van der Waals surface area contributed by atoms with E-state index >= 15 is 0 Å². The lowest BCUT2D eigenvalue weighted by molar-refractivity contribution is -0.456. The van der Waals surface area contributed by atoms with Gasteiger partial charge in [0.05, 0.1) is 12.7 Å². The van der Waals surface area contributed by atoms with Gasteiger partial charge in [-0.3, -0.25) is 4.79 Å². The lowest BCUT2D eigenvalue weighted by Crippen LogP contribution is -2.68. The van der Waals surface area contributed by atoms with Crippen molar-refractivity contribution >= 4 is 5.78 Å². The Labute approximate surface area is 142 Å². The molecule has 0 amide bonds. The topological polar surface area (TPSA) is 74.2 Å². The van der Waals surface area contributed by atoms with E-state index in [1.807, 2.05) is 6.07 Å². The molecule has 0 aliphatic carbocycles. The number of carbonyl (C=O) groups is 1. The van der Waals surface area contributed by atoms with Crippen molar-refractivity contribution in [1.29, 1.82) is 0 Å². The average Bonchev–Trinajstić information content (AvgIpc) is 2.59. The van der Waals surface area contributed by atoms with E-state index in [2.05, 4.69) is 0 Å². The first-order valence-electron chi connectivity index (χ1n) is 7.90. The van der Waals surface area contributed by atoms with Crippen molar-refractivity contribution in [3.8, 4) is 0 Å². The molecule has 1 heterocycles. The molecule has 1 aliphatic heterocycles.